The molecule has 0 atom stereocenters. The number of hydrogen-bond donors (Lipinski definition) is 1. The molecule has 1 N–H and O–H groups in total. The van der Waals surface area contributed by atoms with Crippen LogP contribution in [0.25, 0.3) is 27.7 Å². The first-order valence-corrected chi connectivity index (χ1v) is 6.42. The fourth-order valence-electron chi connectivity index (χ4n) is 2.49. The molecule has 0 aromatic carbocycles. The lowest BCUT2D eigenvalue weighted by Gasteiger charge is -2.00. The summed E-state index contributed by atoms with van der Waals surface area (Å²) in [6.07, 6.45) is 6.09. The number of aromatic amines is 1. The highest BCUT2D eigenvalue weighted by atomic mass is 15.4. The minimum Gasteiger partial charge on any atom is -0.343 e. The highest BCUT2D eigenvalue weighted by Gasteiger charge is 2.12. The van der Waals surface area contributed by atoms with E-state index in [9.17, 15) is 0 Å². The Hall–Kier alpha value is -2.69. The zero-order chi connectivity index (χ0) is 13.5. The van der Waals surface area contributed by atoms with Gasteiger partial charge in [-0.3, -0.25) is 0 Å². The fraction of sp³-hybridized carbons (Fsp3) is 0.0667. The maximum Gasteiger partial charge on any atom is 0.138 e. The van der Waals surface area contributed by atoms with Crippen molar-refractivity contribution < 1.29 is 0 Å². The van der Waals surface area contributed by atoms with Gasteiger partial charge in [-0.2, -0.15) is 14.8 Å². The van der Waals surface area contributed by atoms with E-state index in [2.05, 4.69) is 33.2 Å². The molecule has 0 fully saturated rings. The van der Waals surface area contributed by atoms with Crippen LogP contribution in [0.3, 0.4) is 0 Å². The summed E-state index contributed by atoms with van der Waals surface area (Å²) >= 11 is 0. The highest BCUT2D eigenvalue weighted by molar-refractivity contribution is 5.97. The van der Waals surface area contributed by atoms with Crippen LogP contribution in [0.1, 0.15) is 5.69 Å². The molecule has 20 heavy (non-hydrogen) atoms. The second-order valence-corrected chi connectivity index (χ2v) is 4.62. The maximum atomic E-state index is 4.37. The van der Waals surface area contributed by atoms with Crippen molar-refractivity contribution in [2.75, 3.05) is 0 Å². The molecule has 0 saturated heterocycles. The monoisotopic (exact) mass is 262 g/mol. The van der Waals surface area contributed by atoms with Gasteiger partial charge in [0.1, 0.15) is 5.65 Å². The standard InChI is InChI=1S/C15H12N5/c1-2-10-8-12-11(5-7-16-15(12)19-10)13-9-18-20-14(13)4-3-6-17-20/h3-9H,1-2H2,(H,16,19). The molecule has 4 heterocycles. The van der Waals surface area contributed by atoms with Gasteiger partial charge in [-0.25, -0.2) is 4.98 Å². The summed E-state index contributed by atoms with van der Waals surface area (Å²) < 4.78 is 1.64. The number of aromatic nitrogens is 5. The van der Waals surface area contributed by atoms with Gasteiger partial charge in [-0.05, 0) is 43.2 Å². The molecule has 0 spiro atoms. The number of H-pyrrole nitrogens is 1. The predicted molar refractivity (Wildman–Crippen MR) is 77.1 cm³/mol. The predicted octanol–water partition coefficient (Wildman–Crippen LogP) is 2.65. The van der Waals surface area contributed by atoms with Crippen LogP contribution in [0.5, 0.6) is 0 Å². The molecule has 0 aliphatic heterocycles. The third-order valence-electron chi connectivity index (χ3n) is 3.45. The van der Waals surface area contributed by atoms with Crippen molar-refractivity contribution in [2.24, 2.45) is 0 Å². The molecule has 0 saturated carbocycles. The summed E-state index contributed by atoms with van der Waals surface area (Å²) in [4.78, 5) is 7.65. The van der Waals surface area contributed by atoms with Crippen molar-refractivity contribution in [3.63, 3.8) is 0 Å². The summed E-state index contributed by atoms with van der Waals surface area (Å²) in [5.74, 6) is 0. The van der Waals surface area contributed by atoms with Crippen LogP contribution in [0.15, 0.2) is 42.9 Å². The van der Waals surface area contributed by atoms with Crippen LogP contribution in [0.4, 0.5) is 0 Å². The van der Waals surface area contributed by atoms with Gasteiger partial charge in [0.15, 0.2) is 0 Å². The largest absolute Gasteiger partial charge is 0.343 e. The molecule has 4 aromatic heterocycles. The topological polar surface area (TPSA) is 58.9 Å². The smallest absolute Gasteiger partial charge is 0.138 e. The molecule has 0 unspecified atom stereocenters. The average Bonchev–Trinajstić information content (AvgIpc) is 3.10. The van der Waals surface area contributed by atoms with E-state index in [1.807, 2.05) is 24.4 Å². The van der Waals surface area contributed by atoms with E-state index in [1.54, 1.807) is 17.0 Å². The molecular weight excluding hydrogens is 250 g/mol. The van der Waals surface area contributed by atoms with Gasteiger partial charge < -0.3 is 4.98 Å². The number of pyridine rings is 1. The van der Waals surface area contributed by atoms with Gasteiger partial charge in [-0.1, -0.05) is 0 Å². The summed E-state index contributed by atoms with van der Waals surface area (Å²) in [5, 5.41) is 9.58. The molecule has 4 rings (SSSR count). The molecule has 5 heteroatoms. The Morgan fingerprint density at radius 2 is 2.10 bits per heavy atom. The van der Waals surface area contributed by atoms with E-state index in [0.717, 1.165) is 33.4 Å². The minimum absolute atomic E-state index is 0.714. The zero-order valence-electron chi connectivity index (χ0n) is 10.7. The Bertz CT molecular complexity index is 903. The Balaban J connectivity index is 2.04. The molecule has 0 aliphatic carbocycles. The third kappa shape index (κ3) is 1.53. The van der Waals surface area contributed by atoms with Crippen LogP contribution in [0, 0.1) is 6.92 Å². The number of nitrogens with one attached hydrogen (secondary N) is 1. The van der Waals surface area contributed by atoms with E-state index < -0.39 is 0 Å². The number of fused-ring (bicyclic) bond motifs is 2. The Morgan fingerprint density at radius 3 is 3.00 bits per heavy atom. The number of nitrogens with zero attached hydrogens (tertiary/aromatic N) is 4. The van der Waals surface area contributed by atoms with E-state index in [4.69, 9.17) is 0 Å². The summed E-state index contributed by atoms with van der Waals surface area (Å²) in [6, 6.07) is 8.03. The van der Waals surface area contributed by atoms with Gasteiger partial charge in [0.2, 0.25) is 0 Å². The van der Waals surface area contributed by atoms with Gasteiger partial charge in [0.05, 0.1) is 11.7 Å². The number of hydrogen-bond acceptors (Lipinski definition) is 3. The quantitative estimate of drug-likeness (QED) is 0.604. The fourth-order valence-corrected chi connectivity index (χ4v) is 2.49. The lowest BCUT2D eigenvalue weighted by atomic mass is 10.1. The minimum atomic E-state index is 0.714. The molecule has 0 aliphatic rings. The van der Waals surface area contributed by atoms with Gasteiger partial charge in [0.25, 0.3) is 0 Å². The Labute approximate surface area is 115 Å². The SMILES string of the molecule is [CH2]Cc1cc2c(-c3cnn4ncccc34)ccnc2[nH]1. The second-order valence-electron chi connectivity index (χ2n) is 4.62. The van der Waals surface area contributed by atoms with Gasteiger partial charge in [0, 0.05) is 29.0 Å². The molecule has 97 valence electrons. The lowest BCUT2D eigenvalue weighted by molar-refractivity contribution is 0.800. The van der Waals surface area contributed by atoms with Crippen LogP contribution in [-0.2, 0) is 6.42 Å². The Kier molecular flexibility index (Phi) is 2.32. The first-order chi connectivity index (χ1) is 9.86. The van der Waals surface area contributed by atoms with E-state index in [0.29, 0.717) is 6.42 Å². The van der Waals surface area contributed by atoms with Crippen LogP contribution in [0.2, 0.25) is 0 Å². The molecule has 0 amide bonds. The highest BCUT2D eigenvalue weighted by Crippen LogP contribution is 2.30. The first-order valence-electron chi connectivity index (χ1n) is 6.42. The van der Waals surface area contributed by atoms with Crippen molar-refractivity contribution in [1.29, 1.82) is 0 Å². The van der Waals surface area contributed by atoms with Crippen molar-refractivity contribution in [3.05, 3.63) is 55.5 Å². The molecule has 4 aromatic rings. The van der Waals surface area contributed by atoms with Crippen LogP contribution >= 0.6 is 0 Å². The lowest BCUT2D eigenvalue weighted by Crippen LogP contribution is -1.90. The van der Waals surface area contributed by atoms with E-state index in [-0.39, 0.29) is 0 Å². The summed E-state index contributed by atoms with van der Waals surface area (Å²) in [5.41, 5.74) is 5.10. The summed E-state index contributed by atoms with van der Waals surface area (Å²) in [7, 11) is 0. The molecule has 1 radical (unpaired) electrons. The van der Waals surface area contributed by atoms with Crippen LogP contribution in [-0.4, -0.2) is 24.8 Å². The van der Waals surface area contributed by atoms with E-state index in [1.165, 1.54) is 0 Å². The molecular formula is C15H12N5. The zero-order valence-corrected chi connectivity index (χ0v) is 10.7. The van der Waals surface area contributed by atoms with Crippen molar-refractivity contribution >= 4 is 16.6 Å². The maximum absolute atomic E-state index is 4.37. The molecule has 0 bridgehead atoms. The number of rotatable bonds is 2. The van der Waals surface area contributed by atoms with Crippen molar-refractivity contribution in [1.82, 2.24) is 24.8 Å². The van der Waals surface area contributed by atoms with Crippen molar-refractivity contribution in [3.8, 4) is 11.1 Å². The normalized spacial score (nSPS) is 11.4. The molecule has 5 nitrogen and oxygen atoms in total. The second kappa shape index (κ2) is 4.16. The van der Waals surface area contributed by atoms with Crippen LogP contribution < -0.4 is 0 Å². The first kappa shape index (κ1) is 11.2. The average molecular weight is 262 g/mol. The van der Waals surface area contributed by atoms with Gasteiger partial charge in [-0.15, -0.1) is 0 Å². The van der Waals surface area contributed by atoms with Crippen molar-refractivity contribution in [2.45, 2.75) is 6.42 Å². The van der Waals surface area contributed by atoms with E-state index >= 15 is 0 Å². The third-order valence-corrected chi connectivity index (χ3v) is 3.45. The summed E-state index contributed by atoms with van der Waals surface area (Å²) in [6.45, 7) is 3.91. The Morgan fingerprint density at radius 1 is 1.15 bits per heavy atom. The van der Waals surface area contributed by atoms with Gasteiger partial charge >= 0.3 is 0 Å².